The molecule has 25 heavy (non-hydrogen) atoms. The molecule has 0 aliphatic carbocycles. The molecular weight excluding hydrogens is 300 g/mol. The smallest absolute Gasteiger partial charge is 0.0171 e. The van der Waals surface area contributed by atoms with Gasteiger partial charge in [0.05, 0.1) is 0 Å². The lowest BCUT2D eigenvalue weighted by molar-refractivity contribution is 0.667. The van der Waals surface area contributed by atoms with Crippen LogP contribution in [0.3, 0.4) is 0 Å². The highest BCUT2D eigenvalue weighted by molar-refractivity contribution is 6.04. The zero-order valence-corrected chi connectivity index (χ0v) is 15.3. The molecule has 0 nitrogen and oxygen atoms in total. The van der Waals surface area contributed by atoms with Crippen LogP contribution < -0.4 is 0 Å². The number of unbranched alkanes of at least 4 members (excludes halogenated alkanes) is 3. The number of rotatable bonds is 5. The van der Waals surface area contributed by atoms with E-state index in [2.05, 4.69) is 74.5 Å². The molecule has 0 unspecified atom stereocenters. The Morgan fingerprint density at radius 2 is 1.16 bits per heavy atom. The van der Waals surface area contributed by atoms with Gasteiger partial charge in [0.1, 0.15) is 0 Å². The number of fused-ring (bicyclic) bond motifs is 3. The van der Waals surface area contributed by atoms with E-state index in [1.165, 1.54) is 75.5 Å². The van der Waals surface area contributed by atoms with Crippen LogP contribution in [0.1, 0.15) is 43.7 Å². The third kappa shape index (κ3) is 3.39. The lowest BCUT2D eigenvalue weighted by Crippen LogP contribution is -1.87. The van der Waals surface area contributed by atoms with E-state index in [0.29, 0.717) is 0 Å². The molecule has 0 aliphatic heterocycles. The molecule has 4 aromatic rings. The Balaban J connectivity index is 1.74. The van der Waals surface area contributed by atoms with Crippen molar-refractivity contribution in [2.45, 2.75) is 46.0 Å². The number of benzene rings is 4. The van der Waals surface area contributed by atoms with Crippen molar-refractivity contribution >= 4 is 32.3 Å². The summed E-state index contributed by atoms with van der Waals surface area (Å²) in [5.41, 5.74) is 2.79. The molecule has 0 saturated carbocycles. The van der Waals surface area contributed by atoms with Gasteiger partial charge in [-0.05, 0) is 81.9 Å². The summed E-state index contributed by atoms with van der Waals surface area (Å²) >= 11 is 0. The second-order valence-corrected chi connectivity index (χ2v) is 7.39. The lowest BCUT2D eigenvalue weighted by atomic mass is 9.97. The van der Waals surface area contributed by atoms with E-state index in [0.717, 1.165) is 0 Å². The topological polar surface area (TPSA) is 0 Å². The third-order valence-electron chi connectivity index (χ3n) is 5.29. The Morgan fingerprint density at radius 3 is 1.88 bits per heavy atom. The first-order valence-electron chi connectivity index (χ1n) is 9.60. The van der Waals surface area contributed by atoms with E-state index in [1.54, 1.807) is 0 Å². The molecule has 0 bridgehead atoms. The van der Waals surface area contributed by atoms with Crippen molar-refractivity contribution in [3.05, 3.63) is 71.8 Å². The first-order chi connectivity index (χ1) is 12.2. The van der Waals surface area contributed by atoms with E-state index in [9.17, 15) is 0 Å². The molecule has 126 valence electrons. The maximum absolute atomic E-state index is 2.39. The highest BCUT2D eigenvalue weighted by Crippen LogP contribution is 2.28. The van der Waals surface area contributed by atoms with Crippen LogP contribution in [0, 0.1) is 6.92 Å². The molecule has 0 aromatic heterocycles. The monoisotopic (exact) mass is 326 g/mol. The van der Waals surface area contributed by atoms with Gasteiger partial charge in [-0.1, -0.05) is 68.1 Å². The van der Waals surface area contributed by atoms with Crippen LogP contribution in [-0.4, -0.2) is 0 Å². The fraction of sp³-hybridized carbons (Fsp3) is 0.280. The summed E-state index contributed by atoms with van der Waals surface area (Å²) in [5, 5.41) is 8.05. The molecule has 4 rings (SSSR count). The molecule has 0 heterocycles. The quantitative estimate of drug-likeness (QED) is 0.262. The Morgan fingerprint density at radius 1 is 0.560 bits per heavy atom. The minimum atomic E-state index is 1.20. The maximum atomic E-state index is 2.39. The minimum Gasteiger partial charge on any atom is -0.0654 e. The summed E-state index contributed by atoms with van der Waals surface area (Å²) in [7, 11) is 0. The summed E-state index contributed by atoms with van der Waals surface area (Å²) in [6, 6.07) is 23.1. The zero-order valence-electron chi connectivity index (χ0n) is 15.3. The number of hydrogen-bond acceptors (Lipinski definition) is 0. The largest absolute Gasteiger partial charge is 0.0654 e. The predicted octanol–water partition coefficient (Wildman–Crippen LogP) is 7.58. The Hall–Kier alpha value is -2.34. The van der Waals surface area contributed by atoms with Crippen molar-refractivity contribution in [3.63, 3.8) is 0 Å². The molecule has 0 atom stereocenters. The van der Waals surface area contributed by atoms with Gasteiger partial charge in [-0.2, -0.15) is 0 Å². The lowest BCUT2D eigenvalue weighted by Gasteiger charge is -2.08. The summed E-state index contributed by atoms with van der Waals surface area (Å²) < 4.78 is 0. The van der Waals surface area contributed by atoms with Gasteiger partial charge in [0.2, 0.25) is 0 Å². The first kappa shape index (κ1) is 16.1. The normalized spacial score (nSPS) is 11.6. The number of aryl methyl sites for hydroxylation is 2. The van der Waals surface area contributed by atoms with Crippen molar-refractivity contribution in [2.75, 3.05) is 0 Å². The predicted molar refractivity (Wildman–Crippen MR) is 112 cm³/mol. The summed E-state index contributed by atoms with van der Waals surface area (Å²) in [6.45, 7) is 4.43. The maximum Gasteiger partial charge on any atom is -0.0171 e. The average Bonchev–Trinajstić information content (AvgIpc) is 2.62. The van der Waals surface area contributed by atoms with Crippen LogP contribution in [0.2, 0.25) is 0 Å². The Kier molecular flexibility index (Phi) is 4.44. The highest BCUT2D eigenvalue weighted by Gasteiger charge is 2.03. The fourth-order valence-electron chi connectivity index (χ4n) is 3.83. The summed E-state index contributed by atoms with van der Waals surface area (Å²) in [6.07, 6.45) is 6.50. The van der Waals surface area contributed by atoms with E-state index >= 15 is 0 Å². The molecule has 0 amide bonds. The molecule has 0 aliphatic rings. The Bertz CT molecular complexity index is 1040. The molecular formula is C25H26. The van der Waals surface area contributed by atoms with Gasteiger partial charge >= 0.3 is 0 Å². The van der Waals surface area contributed by atoms with Crippen LogP contribution in [-0.2, 0) is 6.42 Å². The van der Waals surface area contributed by atoms with Crippen molar-refractivity contribution in [1.82, 2.24) is 0 Å². The van der Waals surface area contributed by atoms with E-state index in [-0.39, 0.29) is 0 Å². The van der Waals surface area contributed by atoms with E-state index < -0.39 is 0 Å². The van der Waals surface area contributed by atoms with Crippen LogP contribution in [0.15, 0.2) is 60.7 Å². The van der Waals surface area contributed by atoms with Gasteiger partial charge in [0, 0.05) is 0 Å². The highest BCUT2D eigenvalue weighted by atomic mass is 14.1. The van der Waals surface area contributed by atoms with Crippen molar-refractivity contribution in [1.29, 1.82) is 0 Å². The van der Waals surface area contributed by atoms with Gasteiger partial charge in [-0.3, -0.25) is 0 Å². The SMILES string of the molecule is CCCCCCc1ccc2cc3cc4cc(C)ccc4cc3cc2c1. The van der Waals surface area contributed by atoms with Crippen LogP contribution in [0.5, 0.6) is 0 Å². The molecule has 0 fully saturated rings. The van der Waals surface area contributed by atoms with Crippen molar-refractivity contribution in [2.24, 2.45) is 0 Å². The Labute approximate surface area is 150 Å². The zero-order chi connectivity index (χ0) is 17.2. The first-order valence-corrected chi connectivity index (χ1v) is 9.60. The third-order valence-corrected chi connectivity index (χ3v) is 5.29. The molecule has 0 heteroatoms. The summed E-state index contributed by atoms with van der Waals surface area (Å²) in [5.74, 6) is 0. The van der Waals surface area contributed by atoms with Gasteiger partial charge in [0.25, 0.3) is 0 Å². The van der Waals surface area contributed by atoms with Crippen LogP contribution in [0.4, 0.5) is 0 Å². The average molecular weight is 326 g/mol. The second kappa shape index (κ2) is 6.88. The molecule has 0 spiro atoms. The van der Waals surface area contributed by atoms with Crippen molar-refractivity contribution in [3.8, 4) is 0 Å². The molecule has 0 saturated heterocycles. The fourth-order valence-corrected chi connectivity index (χ4v) is 3.83. The standard InChI is InChI=1S/C25H26/c1-3-4-5-6-7-19-9-11-21-15-24-16-22-12-18(2)8-10-20(22)14-25(24)17-23(21)13-19/h8-17H,3-7H2,1-2H3. The van der Waals surface area contributed by atoms with E-state index in [4.69, 9.17) is 0 Å². The molecule has 0 N–H and O–H groups in total. The van der Waals surface area contributed by atoms with Gasteiger partial charge < -0.3 is 0 Å². The number of hydrogen-bond donors (Lipinski definition) is 0. The van der Waals surface area contributed by atoms with Gasteiger partial charge in [-0.25, -0.2) is 0 Å². The minimum absolute atomic E-state index is 1.20. The van der Waals surface area contributed by atoms with E-state index in [1.807, 2.05) is 0 Å². The van der Waals surface area contributed by atoms with Crippen LogP contribution >= 0.6 is 0 Å². The van der Waals surface area contributed by atoms with Crippen LogP contribution in [0.25, 0.3) is 32.3 Å². The molecule has 4 aromatic carbocycles. The second-order valence-electron chi connectivity index (χ2n) is 7.39. The van der Waals surface area contributed by atoms with Crippen molar-refractivity contribution < 1.29 is 0 Å². The summed E-state index contributed by atoms with van der Waals surface area (Å²) in [4.78, 5) is 0. The molecule has 0 radical (unpaired) electrons. The van der Waals surface area contributed by atoms with Gasteiger partial charge in [-0.15, -0.1) is 0 Å². The van der Waals surface area contributed by atoms with Gasteiger partial charge in [0.15, 0.2) is 0 Å².